The number of thiophene rings is 1. The second-order valence-corrected chi connectivity index (χ2v) is 5.70. The summed E-state index contributed by atoms with van der Waals surface area (Å²) >= 11 is 7.08. The van der Waals surface area contributed by atoms with Gasteiger partial charge in [-0.1, -0.05) is 11.6 Å². The fourth-order valence-corrected chi connectivity index (χ4v) is 2.54. The molecule has 2 aromatic heterocycles. The van der Waals surface area contributed by atoms with E-state index in [0.29, 0.717) is 4.34 Å². The van der Waals surface area contributed by atoms with E-state index in [2.05, 4.69) is 15.4 Å². The summed E-state index contributed by atoms with van der Waals surface area (Å²) in [7, 11) is 0. The number of amides is 1. The zero-order valence-corrected chi connectivity index (χ0v) is 11.7. The number of carbonyl (C=O) groups excluding carboxylic acids is 1. The molecule has 2 aromatic rings. The quantitative estimate of drug-likeness (QED) is 0.875. The van der Waals surface area contributed by atoms with Gasteiger partial charge >= 0.3 is 0 Å². The molecule has 0 spiro atoms. The van der Waals surface area contributed by atoms with Gasteiger partial charge in [0, 0.05) is 11.4 Å². The van der Waals surface area contributed by atoms with Crippen LogP contribution in [-0.2, 0) is 4.79 Å². The molecule has 0 aliphatic heterocycles. The second-order valence-electron chi connectivity index (χ2n) is 3.95. The Bertz CT molecular complexity index is 543. The van der Waals surface area contributed by atoms with Crippen LogP contribution in [0, 0.1) is 0 Å². The van der Waals surface area contributed by atoms with Gasteiger partial charge in [0.25, 0.3) is 0 Å². The Hall–Kier alpha value is -1.44. The predicted octanol–water partition coefficient (Wildman–Crippen LogP) is 1.40. The lowest BCUT2D eigenvalue weighted by Gasteiger charge is -2.14. The maximum absolute atomic E-state index is 11.8. The second kappa shape index (κ2) is 6.14. The van der Waals surface area contributed by atoms with Gasteiger partial charge in [0.05, 0.1) is 4.34 Å². The van der Waals surface area contributed by atoms with Crippen LogP contribution in [0.1, 0.15) is 23.9 Å². The molecule has 0 fully saturated rings. The Balaban J connectivity index is 1.86. The van der Waals surface area contributed by atoms with Gasteiger partial charge in [0.1, 0.15) is 24.8 Å². The smallest absolute Gasteiger partial charge is 0.244 e. The van der Waals surface area contributed by atoms with Gasteiger partial charge in [-0.15, -0.1) is 11.3 Å². The fourth-order valence-electron chi connectivity index (χ4n) is 1.49. The Morgan fingerprint density at radius 3 is 3.00 bits per heavy atom. The average molecular weight is 301 g/mol. The molecule has 102 valence electrons. The summed E-state index contributed by atoms with van der Waals surface area (Å²) in [4.78, 5) is 16.4. The fraction of sp³-hybridized carbons (Fsp3) is 0.364. The number of hydrogen-bond acceptors (Lipinski definition) is 5. The van der Waals surface area contributed by atoms with Crippen LogP contribution >= 0.6 is 22.9 Å². The molecule has 2 rings (SSSR count). The van der Waals surface area contributed by atoms with Crippen LogP contribution in [0.2, 0.25) is 4.34 Å². The first-order chi connectivity index (χ1) is 9.08. The van der Waals surface area contributed by atoms with Gasteiger partial charge in [0.15, 0.2) is 0 Å². The first kappa shape index (κ1) is 14.0. The molecule has 2 N–H and O–H groups in total. The van der Waals surface area contributed by atoms with E-state index in [0.717, 1.165) is 4.88 Å². The Morgan fingerprint density at radius 2 is 2.42 bits per heavy atom. The van der Waals surface area contributed by atoms with E-state index in [-0.39, 0.29) is 12.5 Å². The number of aliphatic hydroxyl groups excluding tert-OH is 1. The molecule has 0 saturated carbocycles. The maximum atomic E-state index is 11.8. The summed E-state index contributed by atoms with van der Waals surface area (Å²) in [6.07, 6.45) is 2.08. The molecule has 0 aromatic carbocycles. The van der Waals surface area contributed by atoms with Gasteiger partial charge < -0.3 is 10.4 Å². The summed E-state index contributed by atoms with van der Waals surface area (Å²) < 4.78 is 2.06. The molecule has 0 bridgehead atoms. The topological polar surface area (TPSA) is 80.0 Å². The molecular formula is C11H13ClN4O2S. The van der Waals surface area contributed by atoms with Gasteiger partial charge in [-0.2, -0.15) is 5.10 Å². The Morgan fingerprint density at radius 1 is 1.63 bits per heavy atom. The standard InChI is InChI=1S/C11H13ClN4O2S/c1-7(16-6-13-5-15-16)11(18)14-4-8(17)9-2-3-10(12)19-9/h2-3,5-8,17H,4H2,1H3,(H,14,18). The van der Waals surface area contributed by atoms with Crippen molar-refractivity contribution in [3.63, 3.8) is 0 Å². The molecule has 19 heavy (non-hydrogen) atoms. The molecule has 1 amide bonds. The lowest BCUT2D eigenvalue weighted by Crippen LogP contribution is -2.34. The van der Waals surface area contributed by atoms with E-state index in [9.17, 15) is 9.90 Å². The third kappa shape index (κ3) is 3.52. The van der Waals surface area contributed by atoms with Crippen molar-refractivity contribution < 1.29 is 9.90 Å². The third-order valence-corrected chi connectivity index (χ3v) is 3.94. The summed E-state index contributed by atoms with van der Waals surface area (Å²) in [5.74, 6) is -0.229. The first-order valence-corrected chi connectivity index (χ1v) is 6.82. The lowest BCUT2D eigenvalue weighted by molar-refractivity contribution is -0.124. The Kier molecular flexibility index (Phi) is 4.52. The normalized spacial score (nSPS) is 14.1. The molecule has 2 heterocycles. The lowest BCUT2D eigenvalue weighted by atomic mass is 10.2. The van der Waals surface area contributed by atoms with Crippen molar-refractivity contribution in [2.45, 2.75) is 19.1 Å². The van der Waals surface area contributed by atoms with Crippen LogP contribution in [0.15, 0.2) is 24.8 Å². The SMILES string of the molecule is CC(C(=O)NCC(O)c1ccc(Cl)s1)n1cncn1. The summed E-state index contributed by atoms with van der Waals surface area (Å²) in [6.45, 7) is 1.84. The monoisotopic (exact) mass is 300 g/mol. The predicted molar refractivity (Wildman–Crippen MR) is 72.0 cm³/mol. The maximum Gasteiger partial charge on any atom is 0.244 e. The molecule has 0 saturated heterocycles. The Labute approximate surface area is 119 Å². The number of carbonyl (C=O) groups is 1. The van der Waals surface area contributed by atoms with E-state index >= 15 is 0 Å². The van der Waals surface area contributed by atoms with Crippen LogP contribution in [0.3, 0.4) is 0 Å². The van der Waals surface area contributed by atoms with E-state index in [1.807, 2.05) is 0 Å². The van der Waals surface area contributed by atoms with Crippen molar-refractivity contribution in [2.75, 3.05) is 6.54 Å². The highest BCUT2D eigenvalue weighted by molar-refractivity contribution is 7.16. The summed E-state index contributed by atoms with van der Waals surface area (Å²) in [6, 6.07) is 2.98. The zero-order valence-electron chi connectivity index (χ0n) is 10.2. The third-order valence-electron chi connectivity index (χ3n) is 2.60. The zero-order chi connectivity index (χ0) is 13.8. The summed E-state index contributed by atoms with van der Waals surface area (Å²) in [5.41, 5.74) is 0. The largest absolute Gasteiger partial charge is 0.386 e. The van der Waals surface area contributed by atoms with Crippen molar-refractivity contribution in [1.82, 2.24) is 20.1 Å². The highest BCUT2D eigenvalue weighted by atomic mass is 35.5. The van der Waals surface area contributed by atoms with Crippen molar-refractivity contribution in [3.8, 4) is 0 Å². The van der Waals surface area contributed by atoms with Crippen molar-refractivity contribution >= 4 is 28.8 Å². The number of nitrogens with zero attached hydrogens (tertiary/aromatic N) is 3. The average Bonchev–Trinajstić information content (AvgIpc) is 3.05. The number of halogens is 1. The molecule has 6 nitrogen and oxygen atoms in total. The van der Waals surface area contributed by atoms with Gasteiger partial charge in [0.2, 0.25) is 5.91 Å². The minimum Gasteiger partial charge on any atom is -0.386 e. The van der Waals surface area contributed by atoms with E-state index in [1.165, 1.54) is 28.7 Å². The highest BCUT2D eigenvalue weighted by Crippen LogP contribution is 2.26. The van der Waals surface area contributed by atoms with Crippen LogP contribution in [-0.4, -0.2) is 32.3 Å². The number of aliphatic hydroxyl groups is 1. The molecule has 8 heteroatoms. The molecule has 2 atom stereocenters. The van der Waals surface area contributed by atoms with Gasteiger partial charge in [-0.25, -0.2) is 9.67 Å². The van der Waals surface area contributed by atoms with E-state index in [1.54, 1.807) is 19.1 Å². The molecule has 0 radical (unpaired) electrons. The molecule has 0 aliphatic rings. The van der Waals surface area contributed by atoms with E-state index in [4.69, 9.17) is 11.6 Å². The van der Waals surface area contributed by atoms with Gasteiger partial charge in [-0.3, -0.25) is 4.79 Å². The van der Waals surface area contributed by atoms with Crippen LogP contribution in [0.5, 0.6) is 0 Å². The molecular weight excluding hydrogens is 288 g/mol. The van der Waals surface area contributed by atoms with Crippen molar-refractivity contribution in [2.24, 2.45) is 0 Å². The highest BCUT2D eigenvalue weighted by Gasteiger charge is 2.17. The van der Waals surface area contributed by atoms with Crippen LogP contribution in [0.4, 0.5) is 0 Å². The number of hydrogen-bond donors (Lipinski definition) is 2. The number of rotatable bonds is 5. The summed E-state index contributed by atoms with van der Waals surface area (Å²) in [5, 5.41) is 16.5. The van der Waals surface area contributed by atoms with Crippen molar-refractivity contribution in [3.05, 3.63) is 34.0 Å². The molecule has 2 unspecified atom stereocenters. The van der Waals surface area contributed by atoms with Crippen molar-refractivity contribution in [1.29, 1.82) is 0 Å². The minimum atomic E-state index is -0.760. The van der Waals surface area contributed by atoms with Crippen LogP contribution < -0.4 is 5.32 Å². The number of nitrogens with one attached hydrogen (secondary N) is 1. The van der Waals surface area contributed by atoms with Gasteiger partial charge in [-0.05, 0) is 19.1 Å². The molecule has 0 aliphatic carbocycles. The first-order valence-electron chi connectivity index (χ1n) is 5.63. The number of aromatic nitrogens is 3. The van der Waals surface area contributed by atoms with Crippen LogP contribution in [0.25, 0.3) is 0 Å². The van der Waals surface area contributed by atoms with E-state index < -0.39 is 12.1 Å². The minimum absolute atomic E-state index is 0.134.